The molecular weight excluding hydrogens is 236 g/mol. The Kier molecular flexibility index (Phi) is 3.29. The number of aromatic nitrogens is 2. The van der Waals surface area contributed by atoms with Crippen LogP contribution in [0.4, 0.5) is 0 Å². The highest BCUT2D eigenvalue weighted by Gasteiger charge is 2.02. The molecule has 0 radical (unpaired) electrons. The first kappa shape index (κ1) is 11.9. The molecule has 3 rings (SSSR count). The number of aliphatic hydroxyl groups is 1. The van der Waals surface area contributed by atoms with Gasteiger partial charge in [0.15, 0.2) is 0 Å². The Bertz CT molecular complexity index is 674. The van der Waals surface area contributed by atoms with Crippen LogP contribution in [-0.4, -0.2) is 14.7 Å². The van der Waals surface area contributed by atoms with Gasteiger partial charge in [-0.3, -0.25) is 4.98 Å². The third-order valence-corrected chi connectivity index (χ3v) is 3.35. The molecule has 0 spiro atoms. The molecular formula is C16H16N2O. The van der Waals surface area contributed by atoms with E-state index in [1.165, 1.54) is 10.9 Å². The molecule has 2 aromatic heterocycles. The van der Waals surface area contributed by atoms with Crippen LogP contribution in [0, 0.1) is 0 Å². The van der Waals surface area contributed by atoms with Gasteiger partial charge in [0.1, 0.15) is 0 Å². The molecule has 0 saturated carbocycles. The fourth-order valence-corrected chi connectivity index (χ4v) is 2.32. The summed E-state index contributed by atoms with van der Waals surface area (Å²) >= 11 is 0. The van der Waals surface area contributed by atoms with Gasteiger partial charge in [-0.25, -0.2) is 0 Å². The number of hydrogen-bond donors (Lipinski definition) is 1. The van der Waals surface area contributed by atoms with Crippen molar-refractivity contribution in [2.45, 2.75) is 19.6 Å². The van der Waals surface area contributed by atoms with E-state index in [0.717, 1.165) is 24.2 Å². The lowest BCUT2D eigenvalue weighted by atomic mass is 10.2. The van der Waals surface area contributed by atoms with E-state index in [0.29, 0.717) is 0 Å². The number of pyridine rings is 1. The minimum atomic E-state index is 0.0923. The van der Waals surface area contributed by atoms with Gasteiger partial charge in [0, 0.05) is 36.6 Å². The topological polar surface area (TPSA) is 38.0 Å². The highest BCUT2D eigenvalue weighted by Crippen LogP contribution is 2.18. The van der Waals surface area contributed by atoms with Crippen molar-refractivity contribution in [1.29, 1.82) is 0 Å². The van der Waals surface area contributed by atoms with Crippen LogP contribution in [0.25, 0.3) is 10.9 Å². The van der Waals surface area contributed by atoms with E-state index in [2.05, 4.69) is 33.9 Å². The lowest BCUT2D eigenvalue weighted by Gasteiger charge is -2.05. The molecule has 0 fully saturated rings. The first-order valence-corrected chi connectivity index (χ1v) is 6.45. The van der Waals surface area contributed by atoms with Gasteiger partial charge in [-0.1, -0.05) is 12.1 Å². The average Bonchev–Trinajstić information content (AvgIpc) is 2.88. The van der Waals surface area contributed by atoms with Crippen LogP contribution in [0.2, 0.25) is 0 Å². The predicted molar refractivity (Wildman–Crippen MR) is 75.8 cm³/mol. The van der Waals surface area contributed by atoms with Gasteiger partial charge in [-0.15, -0.1) is 0 Å². The molecule has 3 nitrogen and oxygen atoms in total. The standard InChI is InChI=1S/C16H16N2O/c19-12-13-4-5-16-14(11-13)6-9-18(16)10-7-15-3-1-2-8-17-15/h1-6,8-9,11,19H,7,10,12H2. The minimum absolute atomic E-state index is 0.0923. The number of rotatable bonds is 4. The van der Waals surface area contributed by atoms with Crippen LogP contribution < -0.4 is 0 Å². The van der Waals surface area contributed by atoms with Crippen molar-refractivity contribution >= 4 is 10.9 Å². The normalized spacial score (nSPS) is 11.0. The predicted octanol–water partition coefficient (Wildman–Crippen LogP) is 2.77. The molecule has 1 N–H and O–H groups in total. The molecule has 0 aliphatic heterocycles. The minimum Gasteiger partial charge on any atom is -0.392 e. The van der Waals surface area contributed by atoms with Crippen molar-refractivity contribution in [1.82, 2.24) is 9.55 Å². The maximum absolute atomic E-state index is 9.14. The van der Waals surface area contributed by atoms with Gasteiger partial charge in [0.05, 0.1) is 6.61 Å². The molecule has 3 aromatic rings. The number of benzene rings is 1. The fourth-order valence-electron chi connectivity index (χ4n) is 2.32. The lowest BCUT2D eigenvalue weighted by Crippen LogP contribution is -2.01. The third kappa shape index (κ3) is 2.51. The average molecular weight is 252 g/mol. The molecule has 3 heteroatoms. The Balaban J connectivity index is 1.82. The van der Waals surface area contributed by atoms with Crippen molar-refractivity contribution in [2.24, 2.45) is 0 Å². The largest absolute Gasteiger partial charge is 0.392 e. The number of nitrogens with zero attached hydrogens (tertiary/aromatic N) is 2. The smallest absolute Gasteiger partial charge is 0.0682 e. The number of aryl methyl sites for hydroxylation is 2. The number of hydrogen-bond acceptors (Lipinski definition) is 2. The van der Waals surface area contributed by atoms with Gasteiger partial charge < -0.3 is 9.67 Å². The molecule has 96 valence electrons. The Labute approximate surface area is 112 Å². The van der Waals surface area contributed by atoms with Crippen LogP contribution >= 0.6 is 0 Å². The molecule has 0 atom stereocenters. The Morgan fingerprint density at radius 3 is 2.84 bits per heavy atom. The maximum atomic E-state index is 9.14. The third-order valence-electron chi connectivity index (χ3n) is 3.35. The second kappa shape index (κ2) is 5.24. The van der Waals surface area contributed by atoms with Crippen LogP contribution in [0.3, 0.4) is 0 Å². The van der Waals surface area contributed by atoms with Gasteiger partial charge in [-0.05, 0) is 41.3 Å². The molecule has 1 aromatic carbocycles. The summed E-state index contributed by atoms with van der Waals surface area (Å²) in [7, 11) is 0. The summed E-state index contributed by atoms with van der Waals surface area (Å²) in [4.78, 5) is 4.34. The summed E-state index contributed by atoms with van der Waals surface area (Å²) in [5.74, 6) is 0. The monoisotopic (exact) mass is 252 g/mol. The lowest BCUT2D eigenvalue weighted by molar-refractivity contribution is 0.282. The summed E-state index contributed by atoms with van der Waals surface area (Å²) in [5, 5.41) is 10.3. The van der Waals surface area contributed by atoms with Gasteiger partial charge >= 0.3 is 0 Å². The van der Waals surface area contributed by atoms with Crippen LogP contribution in [0.5, 0.6) is 0 Å². The molecule has 0 aliphatic carbocycles. The van der Waals surface area contributed by atoms with Crippen LogP contribution in [-0.2, 0) is 19.6 Å². The van der Waals surface area contributed by atoms with Crippen LogP contribution in [0.1, 0.15) is 11.3 Å². The number of fused-ring (bicyclic) bond motifs is 1. The summed E-state index contributed by atoms with van der Waals surface area (Å²) < 4.78 is 2.23. The van der Waals surface area contributed by atoms with E-state index in [1.54, 1.807) is 0 Å². The summed E-state index contributed by atoms with van der Waals surface area (Å²) in [6, 6.07) is 14.2. The zero-order valence-corrected chi connectivity index (χ0v) is 10.7. The van der Waals surface area contributed by atoms with E-state index in [1.807, 2.05) is 30.5 Å². The van der Waals surface area contributed by atoms with E-state index in [-0.39, 0.29) is 6.61 Å². The zero-order chi connectivity index (χ0) is 13.1. The molecule has 0 bridgehead atoms. The summed E-state index contributed by atoms with van der Waals surface area (Å²) in [6.45, 7) is 1.01. The second-order valence-corrected chi connectivity index (χ2v) is 4.63. The van der Waals surface area contributed by atoms with Crippen molar-refractivity contribution in [3.8, 4) is 0 Å². The van der Waals surface area contributed by atoms with Gasteiger partial charge in [-0.2, -0.15) is 0 Å². The Morgan fingerprint density at radius 1 is 1.11 bits per heavy atom. The van der Waals surface area contributed by atoms with E-state index < -0.39 is 0 Å². The second-order valence-electron chi connectivity index (χ2n) is 4.63. The first-order valence-electron chi connectivity index (χ1n) is 6.45. The first-order chi connectivity index (χ1) is 9.36. The summed E-state index contributed by atoms with van der Waals surface area (Å²) in [5.41, 5.74) is 3.26. The van der Waals surface area contributed by atoms with Crippen molar-refractivity contribution in [3.05, 3.63) is 66.1 Å². The quantitative estimate of drug-likeness (QED) is 0.775. The molecule has 19 heavy (non-hydrogen) atoms. The number of aliphatic hydroxyl groups excluding tert-OH is 1. The summed E-state index contributed by atoms with van der Waals surface area (Å²) in [6.07, 6.45) is 4.84. The van der Waals surface area contributed by atoms with E-state index in [9.17, 15) is 0 Å². The van der Waals surface area contributed by atoms with Gasteiger partial charge in [0.2, 0.25) is 0 Å². The molecule has 2 heterocycles. The highest BCUT2D eigenvalue weighted by atomic mass is 16.3. The van der Waals surface area contributed by atoms with E-state index in [4.69, 9.17) is 5.11 Å². The van der Waals surface area contributed by atoms with Crippen molar-refractivity contribution in [2.75, 3.05) is 0 Å². The Morgan fingerprint density at radius 2 is 2.05 bits per heavy atom. The van der Waals surface area contributed by atoms with Crippen molar-refractivity contribution < 1.29 is 5.11 Å². The van der Waals surface area contributed by atoms with Crippen molar-refractivity contribution in [3.63, 3.8) is 0 Å². The highest BCUT2D eigenvalue weighted by molar-refractivity contribution is 5.80. The van der Waals surface area contributed by atoms with Crippen LogP contribution in [0.15, 0.2) is 54.9 Å². The fraction of sp³-hybridized carbons (Fsp3) is 0.188. The zero-order valence-electron chi connectivity index (χ0n) is 10.7. The Hall–Kier alpha value is -2.13. The van der Waals surface area contributed by atoms with E-state index >= 15 is 0 Å². The SMILES string of the molecule is OCc1ccc2c(ccn2CCc2ccccn2)c1. The molecule has 0 amide bonds. The van der Waals surface area contributed by atoms with Gasteiger partial charge in [0.25, 0.3) is 0 Å². The molecule has 0 unspecified atom stereocenters. The molecule has 0 saturated heterocycles. The molecule has 0 aliphatic rings. The maximum Gasteiger partial charge on any atom is 0.0682 e.